The van der Waals surface area contributed by atoms with Crippen LogP contribution in [0.2, 0.25) is 0 Å². The Balaban J connectivity index is 1.64. The molecule has 0 saturated carbocycles. The van der Waals surface area contributed by atoms with Crippen molar-refractivity contribution in [3.05, 3.63) is 95.1 Å². The van der Waals surface area contributed by atoms with Gasteiger partial charge in [-0.2, -0.15) is 0 Å². The Morgan fingerprint density at radius 2 is 1.63 bits per heavy atom. The van der Waals surface area contributed by atoms with Crippen LogP contribution in [0.3, 0.4) is 0 Å². The van der Waals surface area contributed by atoms with Crippen LogP contribution >= 0.6 is 0 Å². The molecule has 0 unspecified atom stereocenters. The number of nitrogens with zero attached hydrogens (tertiary/aromatic N) is 3. The van der Waals surface area contributed by atoms with E-state index >= 15 is 0 Å². The second-order valence-corrected chi connectivity index (χ2v) is 10.3. The maximum absolute atomic E-state index is 13.2. The second-order valence-electron chi connectivity index (χ2n) is 10.3. The molecule has 1 saturated heterocycles. The van der Waals surface area contributed by atoms with E-state index in [1.165, 1.54) is 5.56 Å². The van der Waals surface area contributed by atoms with Gasteiger partial charge in [0, 0.05) is 50.4 Å². The number of ether oxygens (including phenoxy) is 1. The maximum atomic E-state index is 13.2. The zero-order chi connectivity index (χ0) is 27.2. The van der Waals surface area contributed by atoms with E-state index in [2.05, 4.69) is 47.9 Å². The molecular weight excluding hydrogens is 474 g/mol. The Labute approximate surface area is 227 Å². The van der Waals surface area contributed by atoms with Crippen LogP contribution < -0.4 is 4.74 Å². The monoisotopic (exact) mass is 515 g/mol. The normalized spacial score (nSPS) is 19.2. The predicted octanol–water partition coefficient (Wildman–Crippen LogP) is 5.57. The van der Waals surface area contributed by atoms with Gasteiger partial charge in [0.05, 0.1) is 13.2 Å². The summed E-state index contributed by atoms with van der Waals surface area (Å²) < 4.78 is 5.43. The molecule has 1 N–H and O–H groups in total. The highest BCUT2D eigenvalue weighted by Crippen LogP contribution is 2.35. The Morgan fingerprint density at radius 1 is 0.947 bits per heavy atom. The SMILES string of the molecule is CCN(CC)C(=O)c1cccc([C@@H](c2cccc(O)c2)N2C[C@@H](C)N(Cc3cccc(OC)c3)C[C@@H]2C)c1. The summed E-state index contributed by atoms with van der Waals surface area (Å²) in [5.41, 5.74) is 4.03. The molecule has 1 fully saturated rings. The molecule has 0 aromatic heterocycles. The van der Waals surface area contributed by atoms with Crippen molar-refractivity contribution in [2.24, 2.45) is 0 Å². The van der Waals surface area contributed by atoms with Crippen molar-refractivity contribution in [1.82, 2.24) is 14.7 Å². The smallest absolute Gasteiger partial charge is 0.253 e. The lowest BCUT2D eigenvalue weighted by Crippen LogP contribution is -2.56. The molecule has 0 aliphatic carbocycles. The summed E-state index contributed by atoms with van der Waals surface area (Å²) >= 11 is 0. The highest BCUT2D eigenvalue weighted by molar-refractivity contribution is 5.94. The topological polar surface area (TPSA) is 56.3 Å². The van der Waals surface area contributed by atoms with Crippen molar-refractivity contribution in [1.29, 1.82) is 0 Å². The highest BCUT2D eigenvalue weighted by Gasteiger charge is 2.35. The Morgan fingerprint density at radius 3 is 2.32 bits per heavy atom. The molecule has 3 aromatic rings. The van der Waals surface area contributed by atoms with Crippen LogP contribution in [0, 0.1) is 0 Å². The highest BCUT2D eigenvalue weighted by atomic mass is 16.5. The summed E-state index contributed by atoms with van der Waals surface area (Å²) in [5, 5.41) is 10.4. The Kier molecular flexibility index (Phi) is 9.08. The minimum Gasteiger partial charge on any atom is -0.508 e. The first-order chi connectivity index (χ1) is 18.3. The van der Waals surface area contributed by atoms with Crippen molar-refractivity contribution in [3.63, 3.8) is 0 Å². The number of carbonyl (C=O) groups is 1. The lowest BCUT2D eigenvalue weighted by atomic mass is 9.92. The maximum Gasteiger partial charge on any atom is 0.253 e. The second kappa shape index (κ2) is 12.5. The van der Waals surface area contributed by atoms with Crippen LogP contribution in [0.1, 0.15) is 60.8 Å². The molecule has 3 atom stereocenters. The summed E-state index contributed by atoms with van der Waals surface area (Å²) in [6.45, 7) is 12.6. The first-order valence-electron chi connectivity index (χ1n) is 13.6. The zero-order valence-corrected chi connectivity index (χ0v) is 23.3. The van der Waals surface area contributed by atoms with Crippen LogP contribution in [0.15, 0.2) is 72.8 Å². The first-order valence-corrected chi connectivity index (χ1v) is 13.6. The lowest BCUT2D eigenvalue weighted by Gasteiger charge is -2.47. The summed E-state index contributed by atoms with van der Waals surface area (Å²) in [4.78, 5) is 20.1. The average Bonchev–Trinajstić information content (AvgIpc) is 2.92. The number of amides is 1. The fraction of sp³-hybridized carbons (Fsp3) is 0.406. The number of hydrogen-bond acceptors (Lipinski definition) is 5. The summed E-state index contributed by atoms with van der Waals surface area (Å²) in [7, 11) is 1.70. The van der Waals surface area contributed by atoms with Crippen molar-refractivity contribution < 1.29 is 14.6 Å². The van der Waals surface area contributed by atoms with E-state index in [9.17, 15) is 9.90 Å². The van der Waals surface area contributed by atoms with E-state index in [0.29, 0.717) is 24.7 Å². The largest absolute Gasteiger partial charge is 0.508 e. The van der Waals surface area contributed by atoms with Gasteiger partial charge in [0.25, 0.3) is 5.91 Å². The number of methoxy groups -OCH3 is 1. The zero-order valence-electron chi connectivity index (χ0n) is 23.3. The van der Waals surface area contributed by atoms with Gasteiger partial charge >= 0.3 is 0 Å². The first kappa shape index (κ1) is 27.7. The van der Waals surface area contributed by atoms with Crippen LogP contribution in [0.4, 0.5) is 0 Å². The van der Waals surface area contributed by atoms with Crippen molar-refractivity contribution in [3.8, 4) is 11.5 Å². The summed E-state index contributed by atoms with van der Waals surface area (Å²) in [5.74, 6) is 1.18. The van der Waals surface area contributed by atoms with Gasteiger partial charge in [-0.3, -0.25) is 14.6 Å². The number of benzene rings is 3. The molecule has 38 heavy (non-hydrogen) atoms. The third-order valence-corrected chi connectivity index (χ3v) is 7.70. The molecule has 0 radical (unpaired) electrons. The number of phenols is 1. The van der Waals surface area contributed by atoms with Crippen LogP contribution in [-0.2, 0) is 6.54 Å². The Bertz CT molecular complexity index is 1230. The number of hydrogen-bond donors (Lipinski definition) is 1. The number of piperazine rings is 1. The quantitative estimate of drug-likeness (QED) is 0.404. The minimum absolute atomic E-state index is 0.0519. The van der Waals surface area contributed by atoms with Gasteiger partial charge in [-0.25, -0.2) is 0 Å². The summed E-state index contributed by atoms with van der Waals surface area (Å²) in [6.07, 6.45) is 0. The lowest BCUT2D eigenvalue weighted by molar-refractivity contribution is 0.0194. The van der Waals surface area contributed by atoms with Gasteiger partial charge < -0.3 is 14.7 Å². The summed E-state index contributed by atoms with van der Waals surface area (Å²) in [6, 6.07) is 24.3. The number of aromatic hydroxyl groups is 1. The number of phenolic OH excluding ortho intramolecular Hbond substituents is 1. The number of carbonyl (C=O) groups excluding carboxylic acids is 1. The fourth-order valence-electron chi connectivity index (χ4n) is 5.62. The molecule has 1 heterocycles. The van der Waals surface area contributed by atoms with Gasteiger partial charge in [-0.05, 0) is 80.8 Å². The van der Waals surface area contributed by atoms with E-state index in [1.54, 1.807) is 13.2 Å². The van der Waals surface area contributed by atoms with E-state index in [4.69, 9.17) is 4.74 Å². The van der Waals surface area contributed by atoms with Crippen LogP contribution in [0.25, 0.3) is 0 Å². The van der Waals surface area contributed by atoms with Crippen LogP contribution in [0.5, 0.6) is 11.5 Å². The van der Waals surface area contributed by atoms with Gasteiger partial charge in [-0.1, -0.05) is 36.4 Å². The van der Waals surface area contributed by atoms with Gasteiger partial charge in [0.15, 0.2) is 0 Å². The number of rotatable bonds is 9. The molecule has 4 rings (SSSR count). The standard InChI is InChI=1S/C32H41N3O3/c1-6-33(7-2)32(37)28-14-9-12-26(18-28)31(27-13-10-15-29(36)19-27)35-21-23(3)34(20-24(35)4)22-25-11-8-16-30(17-25)38-5/h8-19,23-24,31,36H,6-7,20-22H2,1-5H3/t23-,24+,31+/m1/s1. The van der Waals surface area contributed by atoms with E-state index in [0.717, 1.165) is 36.5 Å². The fourth-order valence-corrected chi connectivity index (χ4v) is 5.62. The van der Waals surface area contributed by atoms with Gasteiger partial charge in [-0.15, -0.1) is 0 Å². The van der Waals surface area contributed by atoms with Crippen molar-refractivity contribution >= 4 is 5.91 Å². The van der Waals surface area contributed by atoms with Crippen molar-refractivity contribution in [2.75, 3.05) is 33.3 Å². The molecule has 3 aromatic carbocycles. The molecule has 202 valence electrons. The molecule has 0 spiro atoms. The third kappa shape index (κ3) is 6.20. The van der Waals surface area contributed by atoms with E-state index in [1.807, 2.05) is 61.2 Å². The molecule has 1 aliphatic heterocycles. The minimum atomic E-state index is -0.0806. The molecule has 0 bridgehead atoms. The molecule has 1 amide bonds. The predicted molar refractivity (Wildman–Crippen MR) is 153 cm³/mol. The molecular formula is C32H41N3O3. The van der Waals surface area contributed by atoms with Crippen molar-refractivity contribution in [2.45, 2.75) is 52.4 Å². The van der Waals surface area contributed by atoms with E-state index < -0.39 is 0 Å². The van der Waals surface area contributed by atoms with Crippen LogP contribution in [-0.4, -0.2) is 71.1 Å². The third-order valence-electron chi connectivity index (χ3n) is 7.70. The van der Waals surface area contributed by atoms with Gasteiger partial charge in [0.1, 0.15) is 11.5 Å². The van der Waals surface area contributed by atoms with Gasteiger partial charge in [0.2, 0.25) is 0 Å². The average molecular weight is 516 g/mol. The molecule has 1 aliphatic rings. The molecule has 6 nitrogen and oxygen atoms in total. The molecule has 6 heteroatoms. The Hall–Kier alpha value is -3.35. The van der Waals surface area contributed by atoms with E-state index in [-0.39, 0.29) is 23.7 Å².